The van der Waals surface area contributed by atoms with Gasteiger partial charge in [0.2, 0.25) is 0 Å². The molecule has 1 fully saturated rings. The fourth-order valence-electron chi connectivity index (χ4n) is 3.07. The summed E-state index contributed by atoms with van der Waals surface area (Å²) in [5, 5.41) is 11.0. The first-order valence-electron chi connectivity index (χ1n) is 8.96. The molecule has 0 aliphatic carbocycles. The molecule has 1 saturated heterocycles. The van der Waals surface area contributed by atoms with Crippen molar-refractivity contribution in [3.63, 3.8) is 0 Å². The molecule has 1 aliphatic rings. The molecule has 0 spiro atoms. The first-order chi connectivity index (χ1) is 13.2. The molecule has 0 radical (unpaired) electrons. The van der Waals surface area contributed by atoms with Gasteiger partial charge >= 0.3 is 0 Å². The number of thioether (sulfide) groups is 1. The molecule has 0 atom stereocenters. The van der Waals surface area contributed by atoms with E-state index in [1.807, 2.05) is 31.2 Å². The number of benzene rings is 1. The zero-order valence-corrected chi connectivity index (χ0v) is 17.1. The van der Waals surface area contributed by atoms with Gasteiger partial charge in [-0.1, -0.05) is 12.1 Å². The molecule has 27 heavy (non-hydrogen) atoms. The molecular formula is C19H22N4O2S2. The molecule has 0 N–H and O–H groups in total. The molecule has 1 aromatic carbocycles. The number of methoxy groups -OCH3 is 1. The molecule has 142 valence electrons. The predicted octanol–water partition coefficient (Wildman–Crippen LogP) is 3.49. The number of ether oxygens (including phenoxy) is 2. The number of nitrogens with zero attached hydrogens (tertiary/aromatic N) is 4. The van der Waals surface area contributed by atoms with Crippen LogP contribution in [0.4, 0.5) is 0 Å². The lowest BCUT2D eigenvalue weighted by Crippen LogP contribution is -2.37. The summed E-state index contributed by atoms with van der Waals surface area (Å²) in [7, 11) is 1.67. The van der Waals surface area contributed by atoms with E-state index in [0.717, 1.165) is 75.9 Å². The Hall–Kier alpha value is -1.74. The van der Waals surface area contributed by atoms with Crippen LogP contribution in [-0.2, 0) is 4.74 Å². The lowest BCUT2D eigenvalue weighted by Gasteiger charge is -2.26. The van der Waals surface area contributed by atoms with Crippen LogP contribution in [0.1, 0.15) is 5.01 Å². The Balaban J connectivity index is 1.58. The first kappa shape index (κ1) is 18.6. The number of rotatable bonds is 6. The molecule has 4 rings (SSSR count). The van der Waals surface area contributed by atoms with E-state index in [-0.39, 0.29) is 0 Å². The van der Waals surface area contributed by atoms with Crippen molar-refractivity contribution in [2.45, 2.75) is 11.9 Å². The molecule has 2 aromatic heterocycles. The zero-order chi connectivity index (χ0) is 18.6. The van der Waals surface area contributed by atoms with Gasteiger partial charge in [0.05, 0.1) is 30.0 Å². The Bertz CT molecular complexity index is 925. The summed E-state index contributed by atoms with van der Waals surface area (Å²) in [5.74, 6) is 1.78. The van der Waals surface area contributed by atoms with Crippen molar-refractivity contribution in [2.75, 3.05) is 45.7 Å². The minimum absolute atomic E-state index is 0.813. The van der Waals surface area contributed by atoms with Gasteiger partial charge in [-0.2, -0.15) is 0 Å². The maximum atomic E-state index is 5.41. The van der Waals surface area contributed by atoms with E-state index in [4.69, 9.17) is 14.5 Å². The highest BCUT2D eigenvalue weighted by Gasteiger charge is 2.17. The summed E-state index contributed by atoms with van der Waals surface area (Å²) in [6.07, 6.45) is 0. The van der Waals surface area contributed by atoms with Crippen molar-refractivity contribution in [2.24, 2.45) is 0 Å². The van der Waals surface area contributed by atoms with Gasteiger partial charge < -0.3 is 9.47 Å². The molecule has 0 saturated carbocycles. The normalized spacial score (nSPS) is 15.3. The molecule has 3 aromatic rings. The van der Waals surface area contributed by atoms with Gasteiger partial charge in [0.15, 0.2) is 0 Å². The predicted molar refractivity (Wildman–Crippen MR) is 110 cm³/mol. The van der Waals surface area contributed by atoms with E-state index in [2.05, 4.69) is 15.1 Å². The second-order valence-corrected chi connectivity index (χ2v) is 8.59. The Morgan fingerprint density at radius 1 is 1.26 bits per heavy atom. The van der Waals surface area contributed by atoms with Crippen molar-refractivity contribution in [1.82, 2.24) is 20.1 Å². The van der Waals surface area contributed by atoms with Crippen LogP contribution < -0.4 is 4.74 Å². The number of hydrogen-bond donors (Lipinski definition) is 0. The molecule has 0 unspecified atom stereocenters. The van der Waals surface area contributed by atoms with Crippen molar-refractivity contribution in [3.8, 4) is 17.0 Å². The maximum absolute atomic E-state index is 5.41. The van der Waals surface area contributed by atoms with Crippen LogP contribution in [0.25, 0.3) is 21.5 Å². The highest BCUT2D eigenvalue weighted by Crippen LogP contribution is 2.36. The lowest BCUT2D eigenvalue weighted by molar-refractivity contribution is 0.0410. The Morgan fingerprint density at radius 3 is 2.93 bits per heavy atom. The van der Waals surface area contributed by atoms with Crippen LogP contribution in [0, 0.1) is 6.92 Å². The number of aryl methyl sites for hydroxylation is 1. The zero-order valence-electron chi connectivity index (χ0n) is 15.5. The van der Waals surface area contributed by atoms with Crippen molar-refractivity contribution < 1.29 is 9.47 Å². The maximum Gasteiger partial charge on any atom is 0.146 e. The standard InChI is InChI=1S/C19H22N4O2S2/c1-13-20-17-18(27-13)16(14-4-3-5-15(12-14)24-2)21-22-19(17)26-11-8-23-6-9-25-10-7-23/h3-5,12H,6-11H2,1-2H3. The summed E-state index contributed by atoms with van der Waals surface area (Å²) in [6.45, 7) is 6.73. The van der Waals surface area contributed by atoms with E-state index in [0.29, 0.717) is 0 Å². The topological polar surface area (TPSA) is 60.4 Å². The number of fused-ring (bicyclic) bond motifs is 1. The first-order valence-corrected chi connectivity index (χ1v) is 10.8. The van der Waals surface area contributed by atoms with Crippen LogP contribution in [0.2, 0.25) is 0 Å². The van der Waals surface area contributed by atoms with E-state index >= 15 is 0 Å². The van der Waals surface area contributed by atoms with Gasteiger partial charge in [-0.05, 0) is 19.1 Å². The summed E-state index contributed by atoms with van der Waals surface area (Å²) < 4.78 is 11.8. The monoisotopic (exact) mass is 402 g/mol. The van der Waals surface area contributed by atoms with Crippen LogP contribution in [0.3, 0.4) is 0 Å². The van der Waals surface area contributed by atoms with Crippen molar-refractivity contribution in [1.29, 1.82) is 0 Å². The van der Waals surface area contributed by atoms with E-state index < -0.39 is 0 Å². The molecule has 3 heterocycles. The third-order valence-corrected chi connectivity index (χ3v) is 6.40. The van der Waals surface area contributed by atoms with Gasteiger partial charge in [-0.25, -0.2) is 4.98 Å². The highest BCUT2D eigenvalue weighted by molar-refractivity contribution is 7.99. The van der Waals surface area contributed by atoms with Crippen molar-refractivity contribution in [3.05, 3.63) is 29.3 Å². The average molecular weight is 403 g/mol. The van der Waals surface area contributed by atoms with Crippen LogP contribution in [-0.4, -0.2) is 65.8 Å². The quantitative estimate of drug-likeness (QED) is 0.585. The smallest absolute Gasteiger partial charge is 0.146 e. The molecule has 0 bridgehead atoms. The fourth-order valence-corrected chi connectivity index (χ4v) is 4.99. The Kier molecular flexibility index (Phi) is 5.87. The van der Waals surface area contributed by atoms with Crippen molar-refractivity contribution >= 4 is 33.3 Å². The summed E-state index contributed by atoms with van der Waals surface area (Å²) in [6, 6.07) is 7.93. The molecule has 6 nitrogen and oxygen atoms in total. The average Bonchev–Trinajstić information content (AvgIpc) is 3.10. The summed E-state index contributed by atoms with van der Waals surface area (Å²) in [5.41, 5.74) is 2.82. The molecule has 0 amide bonds. The van der Waals surface area contributed by atoms with Crippen LogP contribution in [0.15, 0.2) is 29.3 Å². The minimum Gasteiger partial charge on any atom is -0.497 e. The minimum atomic E-state index is 0.813. The van der Waals surface area contributed by atoms with Gasteiger partial charge in [0.25, 0.3) is 0 Å². The van der Waals surface area contributed by atoms with Gasteiger partial charge in [-0.3, -0.25) is 4.90 Å². The highest BCUT2D eigenvalue weighted by atomic mass is 32.2. The Morgan fingerprint density at radius 2 is 2.11 bits per heavy atom. The number of hydrogen-bond acceptors (Lipinski definition) is 8. The second kappa shape index (κ2) is 8.52. The SMILES string of the molecule is COc1cccc(-c2nnc(SCCN3CCOCC3)c3nc(C)sc23)c1. The number of aromatic nitrogens is 3. The number of morpholine rings is 1. The third-order valence-electron chi connectivity index (χ3n) is 4.49. The van der Waals surface area contributed by atoms with Gasteiger partial charge in [0.1, 0.15) is 22.0 Å². The third kappa shape index (κ3) is 4.24. The van der Waals surface area contributed by atoms with Crippen LogP contribution in [0.5, 0.6) is 5.75 Å². The number of thiazole rings is 1. The van der Waals surface area contributed by atoms with E-state index in [1.165, 1.54) is 0 Å². The lowest BCUT2D eigenvalue weighted by atomic mass is 10.1. The fraction of sp³-hybridized carbons (Fsp3) is 0.421. The largest absolute Gasteiger partial charge is 0.497 e. The van der Waals surface area contributed by atoms with Gasteiger partial charge in [0, 0.05) is 31.0 Å². The van der Waals surface area contributed by atoms with E-state index in [1.54, 1.807) is 30.2 Å². The summed E-state index contributed by atoms with van der Waals surface area (Å²) >= 11 is 3.40. The molecule has 1 aliphatic heterocycles. The van der Waals surface area contributed by atoms with Gasteiger partial charge in [-0.15, -0.1) is 33.3 Å². The molecular weight excluding hydrogens is 380 g/mol. The Labute approximate surface area is 166 Å². The molecule has 8 heteroatoms. The summed E-state index contributed by atoms with van der Waals surface area (Å²) in [4.78, 5) is 7.17. The second-order valence-electron chi connectivity index (χ2n) is 6.30. The van der Waals surface area contributed by atoms with E-state index in [9.17, 15) is 0 Å². The van der Waals surface area contributed by atoms with Crippen LogP contribution >= 0.6 is 23.1 Å².